The lowest BCUT2D eigenvalue weighted by molar-refractivity contribution is -0.121. The minimum Gasteiger partial charge on any atom is -0.351 e. The number of tetrazole rings is 1. The molecule has 0 fully saturated rings. The van der Waals surface area contributed by atoms with Gasteiger partial charge < -0.3 is 5.32 Å². The lowest BCUT2D eigenvalue weighted by Gasteiger charge is -2.18. The smallest absolute Gasteiger partial charge is 0.234 e. The number of aryl methyl sites for hydroxylation is 1. The SMILES string of the molecule is CC(C)C(Sc1nnnn1C)C(=O)NCc1ccccc1. The molecule has 0 spiro atoms. The van der Waals surface area contributed by atoms with Crippen LogP contribution in [0.4, 0.5) is 0 Å². The summed E-state index contributed by atoms with van der Waals surface area (Å²) in [5.41, 5.74) is 1.08. The number of carbonyl (C=O) groups is 1. The van der Waals surface area contributed by atoms with Crippen LogP contribution in [-0.4, -0.2) is 31.4 Å². The van der Waals surface area contributed by atoms with E-state index in [1.165, 1.54) is 11.8 Å². The third kappa shape index (κ3) is 4.29. The summed E-state index contributed by atoms with van der Waals surface area (Å²) < 4.78 is 1.57. The summed E-state index contributed by atoms with van der Waals surface area (Å²) in [6, 6.07) is 9.86. The zero-order valence-electron chi connectivity index (χ0n) is 12.4. The average molecular weight is 305 g/mol. The molecule has 0 aliphatic rings. The van der Waals surface area contributed by atoms with Crippen molar-refractivity contribution in [1.82, 2.24) is 25.5 Å². The summed E-state index contributed by atoms with van der Waals surface area (Å²) in [5, 5.41) is 14.7. The molecule has 0 saturated carbocycles. The van der Waals surface area contributed by atoms with E-state index >= 15 is 0 Å². The molecule has 6 nitrogen and oxygen atoms in total. The summed E-state index contributed by atoms with van der Waals surface area (Å²) in [6.07, 6.45) is 0. The van der Waals surface area contributed by atoms with Gasteiger partial charge in [0.2, 0.25) is 11.1 Å². The second-order valence-corrected chi connectivity index (χ2v) is 6.18. The Morgan fingerprint density at radius 3 is 2.62 bits per heavy atom. The minimum absolute atomic E-state index is 0.00172. The fourth-order valence-corrected chi connectivity index (χ4v) is 2.78. The maximum Gasteiger partial charge on any atom is 0.234 e. The maximum absolute atomic E-state index is 12.4. The van der Waals surface area contributed by atoms with E-state index in [1.807, 2.05) is 44.2 Å². The molecule has 0 radical (unpaired) electrons. The first kappa shape index (κ1) is 15.5. The molecule has 1 aromatic carbocycles. The van der Waals surface area contributed by atoms with Crippen molar-refractivity contribution in [3.63, 3.8) is 0 Å². The molecule has 1 aromatic heterocycles. The molecular formula is C14H19N5OS. The van der Waals surface area contributed by atoms with Gasteiger partial charge in [0.15, 0.2) is 0 Å². The maximum atomic E-state index is 12.4. The van der Waals surface area contributed by atoms with Crippen molar-refractivity contribution >= 4 is 17.7 Å². The highest BCUT2D eigenvalue weighted by molar-refractivity contribution is 8.00. The Bertz CT molecular complexity index is 584. The van der Waals surface area contributed by atoms with Crippen molar-refractivity contribution in [2.24, 2.45) is 13.0 Å². The van der Waals surface area contributed by atoms with E-state index in [-0.39, 0.29) is 17.1 Å². The molecular weight excluding hydrogens is 286 g/mol. The molecule has 0 bridgehead atoms. The van der Waals surface area contributed by atoms with Crippen LogP contribution in [0, 0.1) is 5.92 Å². The molecule has 0 saturated heterocycles. The van der Waals surface area contributed by atoms with Crippen LogP contribution >= 0.6 is 11.8 Å². The highest BCUT2D eigenvalue weighted by Crippen LogP contribution is 2.25. The van der Waals surface area contributed by atoms with Gasteiger partial charge in [0.05, 0.1) is 5.25 Å². The monoisotopic (exact) mass is 305 g/mol. The zero-order valence-corrected chi connectivity index (χ0v) is 13.2. The van der Waals surface area contributed by atoms with E-state index in [1.54, 1.807) is 11.7 Å². The van der Waals surface area contributed by atoms with Crippen LogP contribution in [-0.2, 0) is 18.4 Å². The number of amides is 1. The summed E-state index contributed by atoms with van der Waals surface area (Å²) in [4.78, 5) is 12.4. The van der Waals surface area contributed by atoms with Gasteiger partial charge in [-0.05, 0) is 21.9 Å². The fraction of sp³-hybridized carbons (Fsp3) is 0.429. The fourth-order valence-electron chi connectivity index (χ4n) is 1.81. The average Bonchev–Trinajstić information content (AvgIpc) is 2.88. The number of hydrogen-bond donors (Lipinski definition) is 1. The number of hydrogen-bond acceptors (Lipinski definition) is 5. The Hall–Kier alpha value is -1.89. The van der Waals surface area contributed by atoms with Crippen LogP contribution in [0.15, 0.2) is 35.5 Å². The molecule has 1 heterocycles. The normalized spacial score (nSPS) is 12.4. The van der Waals surface area contributed by atoms with Crippen molar-refractivity contribution in [1.29, 1.82) is 0 Å². The van der Waals surface area contributed by atoms with Gasteiger partial charge in [0, 0.05) is 13.6 Å². The highest BCUT2D eigenvalue weighted by atomic mass is 32.2. The van der Waals surface area contributed by atoms with E-state index in [2.05, 4.69) is 20.8 Å². The van der Waals surface area contributed by atoms with Gasteiger partial charge in [0.25, 0.3) is 0 Å². The second kappa shape index (κ2) is 7.21. The van der Waals surface area contributed by atoms with Crippen molar-refractivity contribution < 1.29 is 4.79 Å². The number of benzene rings is 1. The van der Waals surface area contributed by atoms with Gasteiger partial charge in [-0.3, -0.25) is 4.79 Å². The van der Waals surface area contributed by atoms with Gasteiger partial charge in [-0.15, -0.1) is 5.10 Å². The van der Waals surface area contributed by atoms with E-state index in [0.29, 0.717) is 11.7 Å². The predicted octanol–water partition coefficient (Wildman–Crippen LogP) is 1.64. The Balaban J connectivity index is 1.98. The Labute approximate surface area is 128 Å². The van der Waals surface area contributed by atoms with E-state index in [4.69, 9.17) is 0 Å². The summed E-state index contributed by atoms with van der Waals surface area (Å²) in [6.45, 7) is 4.56. The predicted molar refractivity (Wildman–Crippen MR) is 81.6 cm³/mol. The van der Waals surface area contributed by atoms with Crippen molar-refractivity contribution in [2.75, 3.05) is 0 Å². The third-order valence-corrected chi connectivity index (χ3v) is 4.56. The molecule has 1 amide bonds. The van der Waals surface area contributed by atoms with Crippen LogP contribution in [0.3, 0.4) is 0 Å². The van der Waals surface area contributed by atoms with Crippen LogP contribution in [0.1, 0.15) is 19.4 Å². The molecule has 7 heteroatoms. The van der Waals surface area contributed by atoms with Gasteiger partial charge in [-0.2, -0.15) is 0 Å². The molecule has 112 valence electrons. The molecule has 2 aromatic rings. The first-order valence-corrected chi connectivity index (χ1v) is 7.66. The molecule has 1 N–H and O–H groups in total. The van der Waals surface area contributed by atoms with Crippen LogP contribution < -0.4 is 5.32 Å². The van der Waals surface area contributed by atoms with Crippen LogP contribution in [0.2, 0.25) is 0 Å². The molecule has 1 unspecified atom stereocenters. The van der Waals surface area contributed by atoms with E-state index in [9.17, 15) is 4.79 Å². The van der Waals surface area contributed by atoms with E-state index in [0.717, 1.165) is 5.56 Å². The number of nitrogens with zero attached hydrogens (tertiary/aromatic N) is 4. The van der Waals surface area contributed by atoms with E-state index < -0.39 is 0 Å². The molecule has 0 aliphatic carbocycles. The highest BCUT2D eigenvalue weighted by Gasteiger charge is 2.25. The van der Waals surface area contributed by atoms with Crippen LogP contribution in [0.25, 0.3) is 0 Å². The zero-order chi connectivity index (χ0) is 15.2. The van der Waals surface area contributed by atoms with Crippen molar-refractivity contribution in [3.05, 3.63) is 35.9 Å². The number of carbonyl (C=O) groups excluding carboxylic acids is 1. The Kier molecular flexibility index (Phi) is 5.32. The lowest BCUT2D eigenvalue weighted by atomic mass is 10.1. The largest absolute Gasteiger partial charge is 0.351 e. The molecule has 1 atom stereocenters. The first-order valence-electron chi connectivity index (χ1n) is 6.78. The topological polar surface area (TPSA) is 72.7 Å². The lowest BCUT2D eigenvalue weighted by Crippen LogP contribution is -2.35. The van der Waals surface area contributed by atoms with Gasteiger partial charge in [-0.25, -0.2) is 4.68 Å². The van der Waals surface area contributed by atoms with Crippen LogP contribution in [0.5, 0.6) is 0 Å². The minimum atomic E-state index is -0.224. The number of rotatable bonds is 6. The molecule has 21 heavy (non-hydrogen) atoms. The summed E-state index contributed by atoms with van der Waals surface area (Å²) in [7, 11) is 1.77. The summed E-state index contributed by atoms with van der Waals surface area (Å²) >= 11 is 1.39. The number of aromatic nitrogens is 4. The van der Waals surface area contributed by atoms with Crippen molar-refractivity contribution in [2.45, 2.75) is 30.8 Å². The van der Waals surface area contributed by atoms with Gasteiger partial charge >= 0.3 is 0 Å². The molecule has 2 rings (SSSR count). The number of thioether (sulfide) groups is 1. The first-order chi connectivity index (χ1) is 10.1. The number of nitrogens with one attached hydrogen (secondary N) is 1. The Morgan fingerprint density at radius 2 is 2.05 bits per heavy atom. The Morgan fingerprint density at radius 1 is 1.33 bits per heavy atom. The standard InChI is InChI=1S/C14H19N5OS/c1-10(2)12(21-14-16-17-18-19(14)3)13(20)15-9-11-7-5-4-6-8-11/h4-8,10,12H,9H2,1-3H3,(H,15,20). The van der Waals surface area contributed by atoms with Gasteiger partial charge in [-0.1, -0.05) is 55.9 Å². The van der Waals surface area contributed by atoms with Gasteiger partial charge in [0.1, 0.15) is 0 Å². The van der Waals surface area contributed by atoms with Crippen molar-refractivity contribution in [3.8, 4) is 0 Å². The third-order valence-electron chi connectivity index (χ3n) is 2.99. The second-order valence-electron chi connectivity index (χ2n) is 5.07. The quantitative estimate of drug-likeness (QED) is 0.821. The summed E-state index contributed by atoms with van der Waals surface area (Å²) in [5.74, 6) is 0.185. The molecule has 0 aliphatic heterocycles.